The van der Waals surface area contributed by atoms with Crippen LogP contribution in [0.5, 0.6) is 0 Å². The van der Waals surface area contributed by atoms with Gasteiger partial charge < -0.3 is 8.83 Å². The Morgan fingerprint density at radius 1 is 0.534 bits per heavy atom. The van der Waals surface area contributed by atoms with E-state index in [1.54, 1.807) is 0 Å². The number of furan rings is 2. The molecule has 1 aliphatic rings. The number of benzene rings is 7. The van der Waals surface area contributed by atoms with Gasteiger partial charge in [-0.1, -0.05) is 133 Å². The molecular weight excluding hydrogens is 711 g/mol. The third kappa shape index (κ3) is 4.96. The molecule has 4 heterocycles. The predicted octanol–water partition coefficient (Wildman–Crippen LogP) is 14.2. The van der Waals surface area contributed by atoms with E-state index in [1.807, 2.05) is 18.2 Å². The van der Waals surface area contributed by atoms with Crippen LogP contribution < -0.4 is 0 Å². The number of nitrogens with zero attached hydrogens (tertiary/aromatic N) is 3. The second-order valence-corrected chi connectivity index (χ2v) is 15.2. The lowest BCUT2D eigenvalue weighted by atomic mass is 9.98. The first-order valence-electron chi connectivity index (χ1n) is 19.9. The van der Waals surface area contributed by atoms with E-state index < -0.39 is 0 Å². The van der Waals surface area contributed by atoms with Gasteiger partial charge >= 0.3 is 0 Å². The SMILES string of the molecule is Cc1c(-c2ccccc2)nc(-c2ccc(-c3ccc4c(c3)oc3cccc(-c5ccccc5)c34)cc2)nc1-n1c2c(c3ccc4c5ccccc5oc4c31)CCC=C2. The van der Waals surface area contributed by atoms with Crippen molar-refractivity contribution in [3.63, 3.8) is 0 Å². The predicted molar refractivity (Wildman–Crippen MR) is 237 cm³/mol. The van der Waals surface area contributed by atoms with E-state index in [0.717, 1.165) is 107 Å². The average Bonchev–Trinajstić information content (AvgIpc) is 3.97. The zero-order valence-electron chi connectivity index (χ0n) is 31.7. The van der Waals surface area contributed by atoms with Crippen molar-refractivity contribution in [3.05, 3.63) is 181 Å². The van der Waals surface area contributed by atoms with Crippen molar-refractivity contribution < 1.29 is 8.83 Å². The maximum atomic E-state index is 6.71. The van der Waals surface area contributed by atoms with Gasteiger partial charge in [-0.25, -0.2) is 9.97 Å². The van der Waals surface area contributed by atoms with Crippen LogP contribution >= 0.6 is 0 Å². The molecule has 5 heteroatoms. The van der Waals surface area contributed by atoms with E-state index in [1.165, 1.54) is 22.1 Å². The van der Waals surface area contributed by atoms with E-state index in [9.17, 15) is 0 Å². The van der Waals surface area contributed by atoms with Crippen LogP contribution in [-0.2, 0) is 6.42 Å². The highest BCUT2D eigenvalue weighted by Gasteiger charge is 2.26. The zero-order valence-corrected chi connectivity index (χ0v) is 31.7. The van der Waals surface area contributed by atoms with Crippen molar-refractivity contribution in [1.82, 2.24) is 14.5 Å². The molecule has 0 bridgehead atoms. The zero-order chi connectivity index (χ0) is 38.3. The van der Waals surface area contributed by atoms with Gasteiger partial charge in [0, 0.05) is 43.6 Å². The van der Waals surface area contributed by atoms with Crippen molar-refractivity contribution in [2.24, 2.45) is 0 Å². The largest absolute Gasteiger partial charge is 0.456 e. The van der Waals surface area contributed by atoms with E-state index in [4.69, 9.17) is 18.8 Å². The normalized spacial score (nSPS) is 12.7. The minimum Gasteiger partial charge on any atom is -0.456 e. The molecule has 0 amide bonds. The highest BCUT2D eigenvalue weighted by atomic mass is 16.3. The van der Waals surface area contributed by atoms with Crippen molar-refractivity contribution >= 4 is 60.9 Å². The van der Waals surface area contributed by atoms with Crippen LogP contribution in [0, 0.1) is 6.92 Å². The fourth-order valence-electron chi connectivity index (χ4n) is 9.12. The molecule has 58 heavy (non-hydrogen) atoms. The first-order valence-corrected chi connectivity index (χ1v) is 19.9. The first-order chi connectivity index (χ1) is 28.7. The highest BCUT2D eigenvalue weighted by Crippen LogP contribution is 2.43. The number of para-hydroxylation sites is 1. The van der Waals surface area contributed by atoms with Gasteiger partial charge in [0.15, 0.2) is 11.4 Å². The summed E-state index contributed by atoms with van der Waals surface area (Å²) in [6.45, 7) is 2.14. The van der Waals surface area contributed by atoms with Gasteiger partial charge in [-0.2, -0.15) is 0 Å². The Balaban J connectivity index is 1.02. The number of rotatable bonds is 5. The van der Waals surface area contributed by atoms with Gasteiger partial charge in [-0.15, -0.1) is 0 Å². The van der Waals surface area contributed by atoms with Gasteiger partial charge in [0.2, 0.25) is 0 Å². The van der Waals surface area contributed by atoms with Crippen LogP contribution in [0.4, 0.5) is 0 Å². The lowest BCUT2D eigenvalue weighted by molar-refractivity contribution is 0.669. The topological polar surface area (TPSA) is 57.0 Å². The molecule has 0 spiro atoms. The Kier molecular flexibility index (Phi) is 7.20. The number of aryl methyl sites for hydroxylation is 1. The van der Waals surface area contributed by atoms with E-state index >= 15 is 0 Å². The average molecular weight is 746 g/mol. The Labute approximate surface area is 334 Å². The lowest BCUT2D eigenvalue weighted by Crippen LogP contribution is -2.08. The summed E-state index contributed by atoms with van der Waals surface area (Å²) in [5.74, 6) is 1.52. The third-order valence-corrected chi connectivity index (χ3v) is 11.9. The molecule has 0 unspecified atom stereocenters. The Morgan fingerprint density at radius 2 is 1.24 bits per heavy atom. The van der Waals surface area contributed by atoms with Crippen LogP contribution in [0.25, 0.3) is 112 Å². The van der Waals surface area contributed by atoms with Gasteiger partial charge in [0.05, 0.1) is 16.9 Å². The summed E-state index contributed by atoms with van der Waals surface area (Å²) in [4.78, 5) is 10.7. The minimum absolute atomic E-state index is 0.666. The highest BCUT2D eigenvalue weighted by molar-refractivity contribution is 6.16. The van der Waals surface area contributed by atoms with Crippen molar-refractivity contribution in [1.29, 1.82) is 0 Å². The molecule has 0 aliphatic heterocycles. The van der Waals surface area contributed by atoms with E-state index in [0.29, 0.717) is 5.82 Å². The molecule has 0 fully saturated rings. The van der Waals surface area contributed by atoms with Crippen molar-refractivity contribution in [2.75, 3.05) is 0 Å². The van der Waals surface area contributed by atoms with Gasteiger partial charge in [0.1, 0.15) is 22.6 Å². The summed E-state index contributed by atoms with van der Waals surface area (Å²) < 4.78 is 15.5. The molecule has 11 aromatic rings. The summed E-state index contributed by atoms with van der Waals surface area (Å²) in [7, 11) is 0. The molecule has 7 aromatic carbocycles. The lowest BCUT2D eigenvalue weighted by Gasteiger charge is -2.17. The summed E-state index contributed by atoms with van der Waals surface area (Å²) in [5, 5.41) is 5.67. The van der Waals surface area contributed by atoms with Crippen LogP contribution in [0.15, 0.2) is 173 Å². The maximum Gasteiger partial charge on any atom is 0.162 e. The second kappa shape index (κ2) is 12.8. The fraction of sp³-hybridized carbons (Fsp3) is 0.0566. The standard InChI is InChI=1S/C53H35N3O2/c1-32-49(35-15-6-3-7-16-35)54-52(55-53(32)56-44-20-10-8-17-39(44)41-29-30-42-40-18-9-11-21-45(40)58-51(42)50(41)56)36-25-23-33(24-26-36)37-27-28-43-47(31-37)57-46-22-12-19-38(48(43)46)34-13-4-2-5-14-34/h2-7,9-16,18-31H,8,17H2,1H3. The third-order valence-electron chi connectivity index (χ3n) is 11.9. The fourth-order valence-corrected chi connectivity index (χ4v) is 9.12. The monoisotopic (exact) mass is 745 g/mol. The Bertz CT molecular complexity index is 3440. The maximum absolute atomic E-state index is 6.71. The van der Waals surface area contributed by atoms with Gasteiger partial charge in [0.25, 0.3) is 0 Å². The summed E-state index contributed by atoms with van der Waals surface area (Å²) >= 11 is 0. The molecular formula is C53H35N3O2. The molecule has 1 aliphatic carbocycles. The van der Waals surface area contributed by atoms with E-state index in [-0.39, 0.29) is 0 Å². The molecule has 274 valence electrons. The molecule has 0 radical (unpaired) electrons. The number of fused-ring (bicyclic) bond motifs is 10. The van der Waals surface area contributed by atoms with Crippen LogP contribution in [-0.4, -0.2) is 14.5 Å². The number of hydrogen-bond donors (Lipinski definition) is 0. The smallest absolute Gasteiger partial charge is 0.162 e. The summed E-state index contributed by atoms with van der Waals surface area (Å²) in [6.07, 6.45) is 6.48. The summed E-state index contributed by atoms with van der Waals surface area (Å²) in [6, 6.07) is 55.2. The number of hydrogen-bond acceptors (Lipinski definition) is 4. The second-order valence-electron chi connectivity index (χ2n) is 15.2. The summed E-state index contributed by atoms with van der Waals surface area (Å²) in [5.41, 5.74) is 15.5. The first kappa shape index (κ1) is 32.7. The Morgan fingerprint density at radius 3 is 2.09 bits per heavy atom. The molecule has 0 saturated heterocycles. The molecule has 0 saturated carbocycles. The van der Waals surface area contributed by atoms with Crippen molar-refractivity contribution in [3.8, 4) is 50.7 Å². The van der Waals surface area contributed by atoms with Crippen LogP contribution in [0.1, 0.15) is 23.2 Å². The Hall–Kier alpha value is -7.50. The van der Waals surface area contributed by atoms with Gasteiger partial charge in [-0.3, -0.25) is 4.57 Å². The molecule has 5 nitrogen and oxygen atoms in total. The quantitative estimate of drug-likeness (QED) is 0.176. The van der Waals surface area contributed by atoms with Gasteiger partial charge in [-0.05, 0) is 84.0 Å². The number of aromatic nitrogens is 3. The molecule has 4 aromatic heterocycles. The van der Waals surface area contributed by atoms with E-state index in [2.05, 4.69) is 163 Å². The molecule has 0 atom stereocenters. The van der Waals surface area contributed by atoms with Crippen LogP contribution in [0.3, 0.4) is 0 Å². The number of allylic oxidation sites excluding steroid dienone is 1. The van der Waals surface area contributed by atoms with Crippen LogP contribution in [0.2, 0.25) is 0 Å². The molecule has 12 rings (SSSR count). The van der Waals surface area contributed by atoms with Crippen molar-refractivity contribution in [2.45, 2.75) is 19.8 Å². The molecule has 0 N–H and O–H groups in total. The minimum atomic E-state index is 0.666.